The molecule has 6 aromatic carbocycles. The van der Waals surface area contributed by atoms with Gasteiger partial charge in [-0.05, 0) is 131 Å². The molecule has 0 atom stereocenters. The lowest BCUT2D eigenvalue weighted by Crippen LogP contribution is -2.58. The molecule has 2 aliphatic heterocycles. The van der Waals surface area contributed by atoms with Gasteiger partial charge in [0.05, 0.1) is 42.7 Å². The van der Waals surface area contributed by atoms with Crippen molar-refractivity contribution < 1.29 is 28.4 Å². The molecule has 0 unspecified atom stereocenters. The van der Waals surface area contributed by atoms with E-state index in [2.05, 4.69) is 110 Å². The number of hydrazine groups is 4. The predicted molar refractivity (Wildman–Crippen MR) is 260 cm³/mol. The number of methoxy groups -OCH3 is 6. The summed E-state index contributed by atoms with van der Waals surface area (Å²) in [5.74, 6) is 6.28. The van der Waals surface area contributed by atoms with Crippen molar-refractivity contribution in [1.29, 1.82) is 0 Å². The molecule has 0 spiro atoms. The van der Waals surface area contributed by atoms with E-state index in [1.54, 1.807) is 42.7 Å². The zero-order valence-electron chi connectivity index (χ0n) is 39.3. The molecule has 8 rings (SSSR count). The first-order valence-electron chi connectivity index (χ1n) is 22.6. The van der Waals surface area contributed by atoms with Crippen molar-refractivity contribution >= 4 is 0 Å². The van der Waals surface area contributed by atoms with Crippen LogP contribution in [0.5, 0.6) is 34.5 Å². The van der Waals surface area contributed by atoms with Gasteiger partial charge < -0.3 is 28.4 Å². The molecule has 0 bridgehead atoms. The van der Waals surface area contributed by atoms with Crippen molar-refractivity contribution in [2.45, 2.75) is 39.0 Å². The van der Waals surface area contributed by atoms with Crippen molar-refractivity contribution in [2.75, 3.05) is 68.8 Å². The third-order valence-electron chi connectivity index (χ3n) is 11.9. The van der Waals surface area contributed by atoms with Crippen molar-refractivity contribution in [3.8, 4) is 34.5 Å². The largest absolute Gasteiger partial charge is 0.497 e. The minimum absolute atomic E-state index is 0.467. The van der Waals surface area contributed by atoms with Crippen molar-refractivity contribution in [2.24, 2.45) is 11.8 Å². The van der Waals surface area contributed by atoms with Crippen LogP contribution in [0.1, 0.15) is 33.4 Å². The maximum atomic E-state index is 5.43. The number of hydrogen-bond acceptors (Lipinski definition) is 12. The van der Waals surface area contributed by atoms with Gasteiger partial charge in [0.2, 0.25) is 0 Å². The standard InChI is InChI=1S/2C27H33N3O3/c1-31-25-10-4-21(5-11-25)16-24-19-29(17-22-6-12-26(32-2)13-7-22)28-30(20-24)18-23-8-14-27(33-3)15-9-23;1-31-25-10-4-7-21(14-25)13-24-19-29(17-22-8-5-11-26(15-22)32-2)28-30(20-24)18-23-9-6-12-27(16-23)33-3/h4-15,24,28H,16-20H2,1-3H3;4-12,14-16,24,28H,13,17-20H2,1-3H3. The Morgan fingerprint density at radius 3 is 0.970 bits per heavy atom. The Hall–Kier alpha value is -6.12. The highest BCUT2D eigenvalue weighted by atomic mass is 16.5. The molecule has 2 heterocycles. The molecule has 66 heavy (non-hydrogen) atoms. The van der Waals surface area contributed by atoms with E-state index < -0.39 is 0 Å². The lowest BCUT2D eigenvalue weighted by Gasteiger charge is -2.41. The smallest absolute Gasteiger partial charge is 0.119 e. The van der Waals surface area contributed by atoms with Gasteiger partial charge in [-0.1, -0.05) is 72.8 Å². The number of benzene rings is 6. The molecule has 2 saturated heterocycles. The van der Waals surface area contributed by atoms with E-state index in [1.807, 2.05) is 66.7 Å². The summed E-state index contributed by atoms with van der Waals surface area (Å²) in [6.45, 7) is 7.06. The molecular formula is C54H66N6O6. The van der Waals surface area contributed by atoms with Gasteiger partial charge in [-0.3, -0.25) is 0 Å². The van der Waals surface area contributed by atoms with Crippen molar-refractivity contribution in [3.63, 3.8) is 0 Å². The Morgan fingerprint density at radius 2 is 0.621 bits per heavy atom. The van der Waals surface area contributed by atoms with E-state index >= 15 is 0 Å². The third-order valence-corrected chi connectivity index (χ3v) is 11.9. The number of ether oxygens (including phenoxy) is 6. The first kappa shape index (κ1) is 47.8. The van der Waals surface area contributed by atoms with Crippen LogP contribution in [0, 0.1) is 11.8 Å². The molecule has 6 aromatic rings. The topological polar surface area (TPSA) is 92.4 Å². The Bertz CT molecular complexity index is 2090. The molecular weight excluding hydrogens is 829 g/mol. The van der Waals surface area contributed by atoms with Gasteiger partial charge in [0.25, 0.3) is 0 Å². The van der Waals surface area contributed by atoms with Gasteiger partial charge in [0.15, 0.2) is 0 Å². The molecule has 0 saturated carbocycles. The maximum Gasteiger partial charge on any atom is 0.119 e. The Kier molecular flexibility index (Phi) is 17.7. The fraction of sp³-hybridized carbons (Fsp3) is 0.333. The highest BCUT2D eigenvalue weighted by Gasteiger charge is 2.27. The van der Waals surface area contributed by atoms with Gasteiger partial charge in [-0.2, -0.15) is 11.1 Å². The van der Waals surface area contributed by atoms with Crippen LogP contribution in [0.3, 0.4) is 0 Å². The average Bonchev–Trinajstić information content (AvgIpc) is 3.35. The van der Waals surface area contributed by atoms with E-state index in [0.29, 0.717) is 11.8 Å². The first-order valence-corrected chi connectivity index (χ1v) is 22.6. The fourth-order valence-electron chi connectivity index (χ4n) is 8.70. The van der Waals surface area contributed by atoms with E-state index in [1.165, 1.54) is 33.4 Å². The Morgan fingerprint density at radius 1 is 0.333 bits per heavy atom. The van der Waals surface area contributed by atoms with Crippen LogP contribution in [0.15, 0.2) is 146 Å². The predicted octanol–water partition coefficient (Wildman–Crippen LogP) is 8.62. The van der Waals surface area contributed by atoms with E-state index in [4.69, 9.17) is 28.4 Å². The minimum atomic E-state index is 0.467. The second kappa shape index (κ2) is 24.4. The van der Waals surface area contributed by atoms with E-state index in [0.717, 1.165) is 99.7 Å². The number of hydrogen-bond donors (Lipinski definition) is 2. The summed E-state index contributed by atoms with van der Waals surface area (Å²) in [6.07, 6.45) is 2.01. The molecule has 0 amide bonds. The van der Waals surface area contributed by atoms with Gasteiger partial charge in [-0.25, -0.2) is 20.0 Å². The molecule has 2 aliphatic rings. The van der Waals surface area contributed by atoms with Crippen LogP contribution in [0.25, 0.3) is 0 Å². The highest BCUT2D eigenvalue weighted by molar-refractivity contribution is 5.32. The molecule has 12 heteroatoms. The summed E-state index contributed by atoms with van der Waals surface area (Å²) in [5.41, 5.74) is 14.8. The lowest BCUT2D eigenvalue weighted by atomic mass is 9.97. The van der Waals surface area contributed by atoms with Gasteiger partial charge in [0.1, 0.15) is 34.5 Å². The molecule has 0 aliphatic carbocycles. The fourth-order valence-corrected chi connectivity index (χ4v) is 8.70. The number of nitrogens with zero attached hydrogens (tertiary/aromatic N) is 4. The van der Waals surface area contributed by atoms with Crippen LogP contribution >= 0.6 is 0 Å². The zero-order valence-corrected chi connectivity index (χ0v) is 39.3. The second-order valence-corrected chi connectivity index (χ2v) is 17.0. The highest BCUT2D eigenvalue weighted by Crippen LogP contribution is 2.25. The van der Waals surface area contributed by atoms with Crippen LogP contribution in [-0.2, 0) is 39.0 Å². The monoisotopic (exact) mass is 895 g/mol. The summed E-state index contributed by atoms with van der Waals surface area (Å²) < 4.78 is 32.2. The number of rotatable bonds is 18. The molecule has 2 fully saturated rings. The summed E-state index contributed by atoms with van der Waals surface area (Å²) in [5, 5.41) is 9.21. The normalized spacial score (nSPS) is 15.4. The van der Waals surface area contributed by atoms with Crippen molar-refractivity contribution in [1.82, 2.24) is 31.1 Å². The summed E-state index contributed by atoms with van der Waals surface area (Å²) in [6, 6.07) is 49.9. The van der Waals surface area contributed by atoms with Crippen molar-refractivity contribution in [3.05, 3.63) is 179 Å². The van der Waals surface area contributed by atoms with Gasteiger partial charge in [0, 0.05) is 52.4 Å². The van der Waals surface area contributed by atoms with Gasteiger partial charge in [-0.15, -0.1) is 0 Å². The molecule has 12 nitrogen and oxygen atoms in total. The van der Waals surface area contributed by atoms with Crippen LogP contribution in [0.4, 0.5) is 0 Å². The van der Waals surface area contributed by atoms with Crippen LogP contribution < -0.4 is 39.5 Å². The Balaban J connectivity index is 0.000000196. The number of nitrogens with one attached hydrogen (secondary N) is 2. The first-order chi connectivity index (χ1) is 32.3. The SMILES string of the molecule is COc1ccc(CC2CN(Cc3ccc(OC)cc3)NN(Cc3ccc(OC)cc3)C2)cc1.COc1cccc(CC2CN(Cc3cccc(OC)c3)NN(Cc3cccc(OC)c3)C2)c1. The second-order valence-electron chi connectivity index (χ2n) is 17.0. The molecule has 348 valence electrons. The lowest BCUT2D eigenvalue weighted by molar-refractivity contribution is -0.0540. The minimum Gasteiger partial charge on any atom is -0.497 e. The zero-order chi connectivity index (χ0) is 46.1. The Labute approximate surface area is 391 Å². The van der Waals surface area contributed by atoms with E-state index in [-0.39, 0.29) is 0 Å². The quantitative estimate of drug-likeness (QED) is 0.0866. The summed E-state index contributed by atoms with van der Waals surface area (Å²) in [7, 11) is 10.2. The summed E-state index contributed by atoms with van der Waals surface area (Å²) in [4.78, 5) is 0. The summed E-state index contributed by atoms with van der Waals surface area (Å²) >= 11 is 0. The third kappa shape index (κ3) is 14.4. The average molecular weight is 895 g/mol. The van der Waals surface area contributed by atoms with Gasteiger partial charge >= 0.3 is 0 Å². The van der Waals surface area contributed by atoms with Crippen LogP contribution in [0.2, 0.25) is 0 Å². The maximum absolute atomic E-state index is 5.43. The van der Waals surface area contributed by atoms with E-state index in [9.17, 15) is 0 Å². The van der Waals surface area contributed by atoms with Crippen LogP contribution in [-0.4, -0.2) is 88.9 Å². The molecule has 2 N–H and O–H groups in total. The molecule has 0 radical (unpaired) electrons. The molecule has 0 aromatic heterocycles.